The molecule has 8 rings (SSSR count). The number of amides is 2. The van der Waals surface area contributed by atoms with E-state index < -0.39 is 0 Å². The summed E-state index contributed by atoms with van der Waals surface area (Å²) in [5.41, 5.74) is 2.29. The van der Waals surface area contributed by atoms with Crippen molar-refractivity contribution in [3.05, 3.63) is 138 Å². The number of allylic oxidation sites excluding steroid dienone is 1. The van der Waals surface area contributed by atoms with Gasteiger partial charge in [-0.3, -0.25) is 9.59 Å². The van der Waals surface area contributed by atoms with E-state index in [1.807, 2.05) is 74.5 Å². The summed E-state index contributed by atoms with van der Waals surface area (Å²) >= 11 is 9.47. The molecule has 6 aromatic heterocycles. The van der Waals surface area contributed by atoms with Gasteiger partial charge in [0.25, 0.3) is 11.8 Å². The van der Waals surface area contributed by atoms with E-state index in [0.29, 0.717) is 35.6 Å². The van der Waals surface area contributed by atoms with E-state index in [2.05, 4.69) is 34.0 Å². The molecule has 0 aliphatic carbocycles. The molecule has 0 fully saturated rings. The van der Waals surface area contributed by atoms with Crippen LogP contribution in [-0.2, 0) is 9.59 Å². The lowest BCUT2D eigenvalue weighted by molar-refractivity contribution is -0.124. The molecule has 2 aliphatic rings. The summed E-state index contributed by atoms with van der Waals surface area (Å²) in [7, 11) is 0. The number of carbonyl (C=O) groups excluding carboxylic acids is 2. The number of fused-ring (bicyclic) bond motifs is 1. The lowest BCUT2D eigenvalue weighted by Gasteiger charge is -2.22. The summed E-state index contributed by atoms with van der Waals surface area (Å²) in [6.07, 6.45) is 3.20. The van der Waals surface area contributed by atoms with E-state index in [1.54, 1.807) is 67.3 Å². The van der Waals surface area contributed by atoms with Crippen molar-refractivity contribution < 1.29 is 9.59 Å². The van der Waals surface area contributed by atoms with Crippen molar-refractivity contribution in [2.45, 2.75) is 13.8 Å². The van der Waals surface area contributed by atoms with Crippen molar-refractivity contribution in [2.24, 2.45) is 0 Å². The van der Waals surface area contributed by atoms with Crippen LogP contribution in [0.15, 0.2) is 95.3 Å². The monoisotopic (exact) mass is 836 g/mol. The molecule has 0 radical (unpaired) electrons. The maximum atomic E-state index is 14.3. The molecule has 0 aromatic carbocycles. The van der Waals surface area contributed by atoms with E-state index in [0.717, 1.165) is 58.5 Å². The third-order valence-corrected chi connectivity index (χ3v) is 16.2. The summed E-state index contributed by atoms with van der Waals surface area (Å²) in [6.45, 7) is 19.0. The third-order valence-electron chi connectivity index (χ3n) is 8.96. The number of hydrogen-bond acceptors (Lipinski definition) is 10. The Labute approximate surface area is 346 Å². The van der Waals surface area contributed by atoms with Crippen molar-refractivity contribution >= 4 is 103 Å². The first-order valence-corrected chi connectivity index (χ1v) is 21.9. The standard InChI is InChI=1S/C42H24N6O2S6/c1-5-47-39(34-17-15-32(55-34)30-13-11-28(53-30)26-9-7-24(51-26)19-23(21-43)22-44)37-38(42(47)50)40(48(6-2)41(37)49)35-18-16-33(56-35)31-14-12-29(54-31)27-10-8-25(52-27)20-36(45-3)46-4/h7-20H,5-6H2,1-2H3. The minimum absolute atomic E-state index is 0.0360. The molecule has 8 heterocycles. The molecule has 0 saturated carbocycles. The molecule has 270 valence electrons. The molecular weight excluding hydrogens is 813 g/mol. The van der Waals surface area contributed by atoms with Gasteiger partial charge in [-0.1, -0.05) is 0 Å². The maximum absolute atomic E-state index is 14.3. The Morgan fingerprint density at radius 3 is 1.23 bits per heavy atom. The van der Waals surface area contributed by atoms with Crippen molar-refractivity contribution in [2.75, 3.05) is 13.1 Å². The molecule has 0 saturated heterocycles. The van der Waals surface area contributed by atoms with Crippen molar-refractivity contribution in [3.8, 4) is 51.2 Å². The fourth-order valence-corrected chi connectivity index (χ4v) is 12.9. The van der Waals surface area contributed by atoms with Gasteiger partial charge in [-0.25, -0.2) is 0 Å². The predicted molar refractivity (Wildman–Crippen MR) is 231 cm³/mol. The Morgan fingerprint density at radius 1 is 0.554 bits per heavy atom. The van der Waals surface area contributed by atoms with Gasteiger partial charge in [0.1, 0.15) is 30.9 Å². The molecule has 0 N–H and O–H groups in total. The first-order valence-electron chi connectivity index (χ1n) is 17.0. The van der Waals surface area contributed by atoms with Gasteiger partial charge in [0, 0.05) is 67.9 Å². The van der Waals surface area contributed by atoms with E-state index >= 15 is 0 Å². The molecule has 0 spiro atoms. The second-order valence-electron chi connectivity index (χ2n) is 12.1. The quantitative estimate of drug-likeness (QED) is 0.101. The fourth-order valence-electron chi connectivity index (χ4n) is 6.49. The van der Waals surface area contributed by atoms with Crippen LogP contribution in [0.25, 0.3) is 72.3 Å². The van der Waals surface area contributed by atoms with Gasteiger partial charge in [-0.05, 0) is 92.7 Å². The summed E-state index contributed by atoms with van der Waals surface area (Å²) in [4.78, 5) is 50.4. The SMILES string of the molecule is [C-]#[N+]C(=Cc1ccc(-c2ccc(-c3ccc(C4=C5C(=O)N(CC)C(c6ccc(-c7ccc(-c8ccc(C=C(C#N)C#N)s8)s7)s6)=C5C(=O)N4CC)s3)s2)s1)[N+]#[C-]. The molecule has 56 heavy (non-hydrogen) atoms. The Balaban J connectivity index is 1.11. The Morgan fingerprint density at radius 2 is 0.875 bits per heavy atom. The highest BCUT2D eigenvalue weighted by Crippen LogP contribution is 2.51. The normalized spacial score (nSPS) is 13.5. The van der Waals surface area contributed by atoms with Gasteiger partial charge >= 0.3 is 5.82 Å². The lowest BCUT2D eigenvalue weighted by Crippen LogP contribution is -2.29. The van der Waals surface area contributed by atoms with Gasteiger partial charge < -0.3 is 9.80 Å². The molecule has 8 nitrogen and oxygen atoms in total. The Hall–Kier alpha value is -5.94. The van der Waals surface area contributed by atoms with Gasteiger partial charge in [-0.2, -0.15) is 20.2 Å². The van der Waals surface area contributed by atoms with Crippen LogP contribution in [-0.4, -0.2) is 34.7 Å². The molecule has 0 unspecified atom stereocenters. The average Bonchev–Trinajstić information content (AvgIpc) is 4.05. The second kappa shape index (κ2) is 15.3. The van der Waals surface area contributed by atoms with Crippen LogP contribution < -0.4 is 0 Å². The van der Waals surface area contributed by atoms with E-state index in [9.17, 15) is 9.59 Å². The van der Waals surface area contributed by atoms with E-state index in [-0.39, 0.29) is 23.2 Å². The molecule has 0 atom stereocenters. The summed E-state index contributed by atoms with van der Waals surface area (Å²) < 4.78 is 0. The lowest BCUT2D eigenvalue weighted by atomic mass is 10.1. The zero-order chi connectivity index (χ0) is 39.1. The van der Waals surface area contributed by atoms with Crippen LogP contribution in [0.4, 0.5) is 0 Å². The van der Waals surface area contributed by atoms with Gasteiger partial charge in [0.05, 0.1) is 32.3 Å². The smallest absolute Gasteiger partial charge is 0.306 e. The van der Waals surface area contributed by atoms with Crippen LogP contribution in [0.2, 0.25) is 0 Å². The highest BCUT2D eigenvalue weighted by Gasteiger charge is 2.48. The molecular formula is C42H24N6O2S6. The number of rotatable bonds is 10. The number of nitrogens with zero attached hydrogens (tertiary/aromatic N) is 6. The first-order chi connectivity index (χ1) is 27.3. The zero-order valence-electron chi connectivity index (χ0n) is 29.4. The molecule has 14 heteroatoms. The summed E-state index contributed by atoms with van der Waals surface area (Å²) in [6, 6.07) is 28.0. The predicted octanol–water partition coefficient (Wildman–Crippen LogP) is 12.1. The summed E-state index contributed by atoms with van der Waals surface area (Å²) in [5.74, 6) is -0.299. The van der Waals surface area contributed by atoms with Crippen molar-refractivity contribution in [3.63, 3.8) is 0 Å². The highest BCUT2D eigenvalue weighted by atomic mass is 32.1. The molecule has 2 amide bonds. The van der Waals surface area contributed by atoms with Crippen molar-refractivity contribution in [1.29, 1.82) is 10.5 Å². The topological polar surface area (TPSA) is 96.9 Å². The van der Waals surface area contributed by atoms with Gasteiger partial charge in [0.15, 0.2) is 0 Å². The summed E-state index contributed by atoms with van der Waals surface area (Å²) in [5, 5.41) is 18.3. The van der Waals surface area contributed by atoms with E-state index in [1.165, 1.54) is 22.7 Å². The number of thiophene rings is 6. The van der Waals surface area contributed by atoms with Crippen LogP contribution in [0, 0.1) is 35.8 Å². The maximum Gasteiger partial charge on any atom is 0.520 e. The fraction of sp³-hybridized carbons (Fsp3) is 0.0952. The molecule has 6 aromatic rings. The first kappa shape index (κ1) is 37.0. The van der Waals surface area contributed by atoms with Crippen LogP contribution >= 0.6 is 68.0 Å². The average molecular weight is 837 g/mol. The van der Waals surface area contributed by atoms with E-state index in [4.69, 9.17) is 23.7 Å². The Kier molecular flexibility index (Phi) is 10.1. The number of hydrogen-bond donors (Lipinski definition) is 0. The second-order valence-corrected chi connectivity index (χ2v) is 18.7. The Bertz CT molecular complexity index is 2680. The number of carbonyl (C=O) groups is 2. The van der Waals surface area contributed by atoms with Gasteiger partial charge in [0.2, 0.25) is 0 Å². The van der Waals surface area contributed by atoms with Crippen LogP contribution in [0.5, 0.6) is 0 Å². The number of likely N-dealkylation sites (N-methyl/N-ethyl adjacent to an activating group) is 2. The van der Waals surface area contributed by atoms with Crippen LogP contribution in [0.1, 0.15) is 33.4 Å². The number of nitriles is 2. The molecule has 0 bridgehead atoms. The van der Waals surface area contributed by atoms with Gasteiger partial charge in [-0.15, -0.1) is 68.0 Å². The zero-order valence-corrected chi connectivity index (χ0v) is 34.3. The van der Waals surface area contributed by atoms with Crippen LogP contribution in [0.3, 0.4) is 0 Å². The third kappa shape index (κ3) is 6.49. The minimum atomic E-state index is -0.167. The minimum Gasteiger partial charge on any atom is -0.306 e. The van der Waals surface area contributed by atoms with Crippen molar-refractivity contribution in [1.82, 2.24) is 9.80 Å². The highest BCUT2D eigenvalue weighted by molar-refractivity contribution is 7.27. The molecule has 2 aliphatic heterocycles. The largest absolute Gasteiger partial charge is 0.520 e.